The maximum atomic E-state index is 15.7. The van der Waals surface area contributed by atoms with Crippen molar-refractivity contribution in [3.05, 3.63) is 47.1 Å². The largest absolute Gasteiger partial charge is 0.354 e. The third-order valence-electron chi connectivity index (χ3n) is 8.56. The fourth-order valence-electron chi connectivity index (χ4n) is 6.10. The zero-order valence-corrected chi connectivity index (χ0v) is 25.1. The molecule has 1 aliphatic carbocycles. The van der Waals surface area contributed by atoms with Gasteiger partial charge in [0.2, 0.25) is 21.8 Å². The minimum atomic E-state index is -3.80. The highest BCUT2D eigenvalue weighted by molar-refractivity contribution is 7.89. The number of hydrogen-bond donors (Lipinski definition) is 1. The molecule has 0 atom stereocenters. The van der Waals surface area contributed by atoms with E-state index in [1.165, 1.54) is 22.5 Å². The highest BCUT2D eigenvalue weighted by atomic mass is 35.5. The molecule has 2 saturated heterocycles. The molecule has 10 nitrogen and oxygen atoms in total. The zero-order chi connectivity index (χ0) is 30.8. The van der Waals surface area contributed by atoms with Gasteiger partial charge in [0.25, 0.3) is 5.92 Å². The lowest BCUT2D eigenvalue weighted by Crippen LogP contribution is -2.49. The van der Waals surface area contributed by atoms with Crippen molar-refractivity contribution in [2.75, 3.05) is 49.1 Å². The molecular formula is C29H34ClF2N5O5S. The molecule has 232 valence electrons. The van der Waals surface area contributed by atoms with Crippen molar-refractivity contribution < 1.29 is 31.6 Å². The fourth-order valence-corrected chi connectivity index (χ4v) is 7.73. The Morgan fingerprint density at radius 2 is 1.72 bits per heavy atom. The van der Waals surface area contributed by atoms with Gasteiger partial charge in [0.05, 0.1) is 11.4 Å². The number of aromatic nitrogens is 1. The number of carbonyl (C=O) groups is 3. The van der Waals surface area contributed by atoms with Gasteiger partial charge >= 0.3 is 0 Å². The van der Waals surface area contributed by atoms with Crippen molar-refractivity contribution >= 4 is 51.2 Å². The van der Waals surface area contributed by atoms with Crippen LogP contribution in [0.4, 0.5) is 20.3 Å². The van der Waals surface area contributed by atoms with Gasteiger partial charge in [-0.3, -0.25) is 9.59 Å². The number of aldehydes is 1. The summed E-state index contributed by atoms with van der Waals surface area (Å²) in [6.45, 7) is 1.25. The number of carbonyl (C=O) groups excluding carboxylic acids is 3. The molecule has 1 saturated carbocycles. The second kappa shape index (κ2) is 12.8. The Hall–Kier alpha value is -3.16. The first-order valence-corrected chi connectivity index (χ1v) is 16.2. The van der Waals surface area contributed by atoms with E-state index in [0.29, 0.717) is 37.8 Å². The van der Waals surface area contributed by atoms with Crippen LogP contribution in [0.3, 0.4) is 0 Å². The molecule has 2 amide bonds. The standard InChI is InChI=1S/C29H34ClF2N5O5S/c30-25-18-22(29(31,32)21-5-3-20(4-6-21)28(40)33-11-17-38)19-26(34-25)35-13-15-36(16-14-35)43(41,42)24-9-7-23(8-10-24)37-12-1-2-27(37)39/h7-10,17-21H,1-6,11-16H2,(H,33,40). The molecule has 3 heterocycles. The van der Waals surface area contributed by atoms with E-state index in [1.54, 1.807) is 21.9 Å². The van der Waals surface area contributed by atoms with Crippen LogP contribution in [0.1, 0.15) is 44.1 Å². The van der Waals surface area contributed by atoms with Gasteiger partial charge in [-0.25, -0.2) is 22.2 Å². The second-order valence-corrected chi connectivity index (χ2v) is 13.5. The quantitative estimate of drug-likeness (QED) is 0.330. The molecule has 0 bridgehead atoms. The molecule has 0 radical (unpaired) electrons. The van der Waals surface area contributed by atoms with Gasteiger partial charge in [-0.1, -0.05) is 11.6 Å². The number of alkyl halides is 2. The van der Waals surface area contributed by atoms with E-state index < -0.39 is 27.8 Å². The van der Waals surface area contributed by atoms with Gasteiger partial charge in [-0.15, -0.1) is 0 Å². The van der Waals surface area contributed by atoms with Crippen LogP contribution in [-0.4, -0.2) is 75.1 Å². The highest BCUT2D eigenvalue weighted by Crippen LogP contribution is 2.46. The first kappa shape index (κ1) is 31.3. The van der Waals surface area contributed by atoms with Crippen LogP contribution in [-0.2, 0) is 30.3 Å². The molecule has 0 unspecified atom stereocenters. The van der Waals surface area contributed by atoms with Crippen molar-refractivity contribution in [3.8, 4) is 0 Å². The molecule has 0 spiro atoms. The highest BCUT2D eigenvalue weighted by Gasteiger charge is 2.44. The van der Waals surface area contributed by atoms with Crippen molar-refractivity contribution in [1.29, 1.82) is 0 Å². The van der Waals surface area contributed by atoms with Gasteiger partial charge in [-0.05, 0) is 68.5 Å². The summed E-state index contributed by atoms with van der Waals surface area (Å²) in [4.78, 5) is 42.4. The molecule has 1 N–H and O–H groups in total. The molecule has 3 fully saturated rings. The SMILES string of the molecule is O=CCNC(=O)C1CCC(C(F)(F)c2cc(Cl)nc(N3CCN(S(=O)(=O)c4ccc(N5CCCC5=O)cc4)CC3)c2)CC1. The molecule has 3 aliphatic rings. The Morgan fingerprint density at radius 1 is 1.05 bits per heavy atom. The van der Waals surface area contributed by atoms with Crippen LogP contribution in [0.25, 0.3) is 0 Å². The predicted octanol–water partition coefficient (Wildman–Crippen LogP) is 3.59. The molecule has 5 rings (SSSR count). The van der Waals surface area contributed by atoms with Gasteiger partial charge in [0.15, 0.2) is 0 Å². The summed E-state index contributed by atoms with van der Waals surface area (Å²) in [5.41, 5.74) is 0.405. The first-order chi connectivity index (χ1) is 20.5. The van der Waals surface area contributed by atoms with Crippen molar-refractivity contribution in [2.45, 2.75) is 49.3 Å². The minimum Gasteiger partial charge on any atom is -0.354 e. The first-order valence-electron chi connectivity index (χ1n) is 14.4. The number of amides is 2. The van der Waals surface area contributed by atoms with Crippen LogP contribution < -0.4 is 15.1 Å². The number of piperazine rings is 1. The molecule has 43 heavy (non-hydrogen) atoms. The number of nitrogens with one attached hydrogen (secondary N) is 1. The topological polar surface area (TPSA) is 120 Å². The number of benzene rings is 1. The number of pyridine rings is 1. The summed E-state index contributed by atoms with van der Waals surface area (Å²) in [6, 6.07) is 8.75. The monoisotopic (exact) mass is 637 g/mol. The molecular weight excluding hydrogens is 604 g/mol. The Labute approximate surface area is 254 Å². The van der Waals surface area contributed by atoms with E-state index in [2.05, 4.69) is 10.3 Å². The number of nitrogens with zero attached hydrogens (tertiary/aromatic N) is 4. The maximum absolute atomic E-state index is 15.7. The maximum Gasteiger partial charge on any atom is 0.276 e. The summed E-state index contributed by atoms with van der Waals surface area (Å²) in [6.07, 6.45) is 2.73. The van der Waals surface area contributed by atoms with E-state index in [4.69, 9.17) is 11.6 Å². The zero-order valence-electron chi connectivity index (χ0n) is 23.6. The van der Waals surface area contributed by atoms with E-state index in [0.717, 1.165) is 12.5 Å². The average molecular weight is 638 g/mol. The fraction of sp³-hybridized carbons (Fsp3) is 0.517. The lowest BCUT2D eigenvalue weighted by molar-refractivity contribution is -0.130. The Bertz CT molecular complexity index is 1460. The smallest absolute Gasteiger partial charge is 0.276 e. The third-order valence-corrected chi connectivity index (χ3v) is 10.7. The average Bonchev–Trinajstić information content (AvgIpc) is 3.45. The second-order valence-electron chi connectivity index (χ2n) is 11.2. The summed E-state index contributed by atoms with van der Waals surface area (Å²) in [7, 11) is -3.80. The Kier molecular flexibility index (Phi) is 9.33. The van der Waals surface area contributed by atoms with Crippen LogP contribution in [0.5, 0.6) is 0 Å². The summed E-state index contributed by atoms with van der Waals surface area (Å²) in [5.74, 6) is -4.61. The molecule has 2 aromatic rings. The van der Waals surface area contributed by atoms with Crippen LogP contribution in [0, 0.1) is 11.8 Å². The van der Waals surface area contributed by atoms with Gasteiger partial charge in [-0.2, -0.15) is 4.31 Å². The van der Waals surface area contributed by atoms with E-state index >= 15 is 8.78 Å². The van der Waals surface area contributed by atoms with E-state index in [1.807, 2.05) is 0 Å². The Balaban J connectivity index is 1.22. The summed E-state index contributed by atoms with van der Waals surface area (Å²) >= 11 is 6.19. The van der Waals surface area contributed by atoms with Crippen molar-refractivity contribution in [1.82, 2.24) is 14.6 Å². The third kappa shape index (κ3) is 6.68. The van der Waals surface area contributed by atoms with Crippen LogP contribution >= 0.6 is 11.6 Å². The van der Waals surface area contributed by atoms with Gasteiger partial charge in [0.1, 0.15) is 17.3 Å². The number of hydrogen-bond acceptors (Lipinski definition) is 7. The number of rotatable bonds is 9. The summed E-state index contributed by atoms with van der Waals surface area (Å²) in [5, 5.41) is 2.41. The number of anilines is 2. The van der Waals surface area contributed by atoms with Crippen LogP contribution in [0.2, 0.25) is 5.15 Å². The minimum absolute atomic E-state index is 0.0195. The lowest BCUT2D eigenvalue weighted by atomic mass is 9.77. The van der Waals surface area contributed by atoms with Gasteiger partial charge < -0.3 is 19.9 Å². The normalized spacial score (nSPS) is 22.1. The van der Waals surface area contributed by atoms with Crippen LogP contribution in [0.15, 0.2) is 41.3 Å². The van der Waals surface area contributed by atoms with Gasteiger partial charge in [0, 0.05) is 62.2 Å². The molecule has 1 aromatic carbocycles. The lowest BCUT2D eigenvalue weighted by Gasteiger charge is -2.36. The van der Waals surface area contributed by atoms with Crippen molar-refractivity contribution in [3.63, 3.8) is 0 Å². The molecule has 1 aromatic heterocycles. The molecule has 2 aliphatic heterocycles. The Morgan fingerprint density at radius 3 is 2.33 bits per heavy atom. The van der Waals surface area contributed by atoms with Crippen molar-refractivity contribution in [2.24, 2.45) is 11.8 Å². The molecule has 14 heteroatoms. The number of sulfonamides is 1. The van der Waals surface area contributed by atoms with E-state index in [9.17, 15) is 22.8 Å². The number of halogens is 3. The van der Waals surface area contributed by atoms with E-state index in [-0.39, 0.29) is 78.8 Å². The summed E-state index contributed by atoms with van der Waals surface area (Å²) < 4.78 is 59.4. The predicted molar refractivity (Wildman–Crippen MR) is 157 cm³/mol.